The Kier molecular flexibility index (Phi) is 8.08. The van der Waals surface area contributed by atoms with Gasteiger partial charge in [-0.25, -0.2) is 4.98 Å². The third-order valence-electron chi connectivity index (χ3n) is 4.71. The Balaban J connectivity index is 0.00000261. The lowest BCUT2D eigenvalue weighted by atomic mass is 9.91. The summed E-state index contributed by atoms with van der Waals surface area (Å²) < 4.78 is 0.664. The standard InChI is InChI=1S/C21H20BrN3O.H2S/c22-19-12-6-11-18(24-19)13-17(14-23)21(26)25-20(16-9-4-5-10-16)15-7-2-1-3-8-15;/h1-3,6-8,11-13,16,20H,4-5,9-10H2,(H,25,26);1H2/b17-13+;/t20-;/m1./s1. The molecular weight excluding hydrogens is 422 g/mol. The Morgan fingerprint density at radius 2 is 1.89 bits per heavy atom. The summed E-state index contributed by atoms with van der Waals surface area (Å²) in [4.78, 5) is 17.0. The molecule has 1 atom stereocenters. The van der Waals surface area contributed by atoms with Gasteiger partial charge in [0.1, 0.15) is 16.2 Å². The summed E-state index contributed by atoms with van der Waals surface area (Å²) in [6.07, 6.45) is 6.09. The van der Waals surface area contributed by atoms with Crippen molar-refractivity contribution < 1.29 is 4.79 Å². The SMILES string of the molecule is N#C/C(=C\c1cccc(Br)n1)C(=O)N[C@H](c1ccccc1)C1CCCC1.S. The number of hydrogen-bond acceptors (Lipinski definition) is 3. The molecule has 2 aromatic rings. The van der Waals surface area contributed by atoms with Gasteiger partial charge >= 0.3 is 0 Å². The quantitative estimate of drug-likeness (QED) is 0.405. The molecule has 0 unspecified atom stereocenters. The van der Waals surface area contributed by atoms with E-state index in [9.17, 15) is 10.1 Å². The van der Waals surface area contributed by atoms with Crippen molar-refractivity contribution in [1.82, 2.24) is 10.3 Å². The van der Waals surface area contributed by atoms with Crippen LogP contribution >= 0.6 is 29.4 Å². The highest BCUT2D eigenvalue weighted by Crippen LogP contribution is 2.35. The number of halogens is 1. The lowest BCUT2D eigenvalue weighted by Crippen LogP contribution is -2.33. The van der Waals surface area contributed by atoms with Gasteiger partial charge in [-0.1, -0.05) is 49.2 Å². The van der Waals surface area contributed by atoms with Gasteiger partial charge in [-0.2, -0.15) is 18.8 Å². The van der Waals surface area contributed by atoms with Crippen LogP contribution in [0.15, 0.2) is 58.7 Å². The van der Waals surface area contributed by atoms with Crippen molar-refractivity contribution in [2.45, 2.75) is 31.7 Å². The van der Waals surface area contributed by atoms with Crippen molar-refractivity contribution in [2.75, 3.05) is 0 Å². The molecule has 0 aliphatic heterocycles. The first-order chi connectivity index (χ1) is 12.7. The van der Waals surface area contributed by atoms with E-state index in [0.29, 0.717) is 16.2 Å². The molecular formula is C21H22BrN3OS. The second-order valence-corrected chi connectivity index (χ2v) is 7.27. The number of carbonyl (C=O) groups excluding carboxylic acids is 1. The van der Waals surface area contributed by atoms with E-state index in [1.807, 2.05) is 42.5 Å². The van der Waals surface area contributed by atoms with E-state index >= 15 is 0 Å². The van der Waals surface area contributed by atoms with Gasteiger partial charge in [0.15, 0.2) is 0 Å². The molecule has 1 saturated carbocycles. The molecule has 140 valence electrons. The number of hydrogen-bond donors (Lipinski definition) is 1. The van der Waals surface area contributed by atoms with Gasteiger partial charge in [0, 0.05) is 0 Å². The summed E-state index contributed by atoms with van der Waals surface area (Å²) in [5.74, 6) is 0.0558. The number of aromatic nitrogens is 1. The van der Waals surface area contributed by atoms with Crippen molar-refractivity contribution in [1.29, 1.82) is 5.26 Å². The fourth-order valence-electron chi connectivity index (χ4n) is 3.44. The predicted octanol–water partition coefficient (Wildman–Crippen LogP) is 4.91. The Morgan fingerprint density at radius 1 is 1.19 bits per heavy atom. The van der Waals surface area contributed by atoms with Crippen molar-refractivity contribution in [2.24, 2.45) is 5.92 Å². The van der Waals surface area contributed by atoms with E-state index in [1.54, 1.807) is 12.1 Å². The van der Waals surface area contributed by atoms with Crippen molar-refractivity contribution in [3.63, 3.8) is 0 Å². The number of benzene rings is 1. The third kappa shape index (κ3) is 5.69. The fourth-order valence-corrected chi connectivity index (χ4v) is 3.80. The van der Waals surface area contributed by atoms with Crippen molar-refractivity contribution in [3.05, 3.63) is 70.0 Å². The largest absolute Gasteiger partial charge is 0.344 e. The Morgan fingerprint density at radius 3 is 2.52 bits per heavy atom. The van der Waals surface area contributed by atoms with Gasteiger partial charge in [0.05, 0.1) is 11.7 Å². The monoisotopic (exact) mass is 443 g/mol. The maximum Gasteiger partial charge on any atom is 0.262 e. The zero-order valence-electron chi connectivity index (χ0n) is 14.9. The Labute approximate surface area is 175 Å². The van der Waals surface area contributed by atoms with E-state index in [-0.39, 0.29) is 31.0 Å². The van der Waals surface area contributed by atoms with Gasteiger partial charge in [-0.15, -0.1) is 0 Å². The molecule has 0 saturated heterocycles. The predicted molar refractivity (Wildman–Crippen MR) is 115 cm³/mol. The highest BCUT2D eigenvalue weighted by molar-refractivity contribution is 9.10. The summed E-state index contributed by atoms with van der Waals surface area (Å²) in [5.41, 5.74) is 1.73. The summed E-state index contributed by atoms with van der Waals surface area (Å²) in [6, 6.07) is 17.3. The van der Waals surface area contributed by atoms with Crippen molar-refractivity contribution >= 4 is 41.4 Å². The van der Waals surface area contributed by atoms with Gasteiger partial charge in [-0.05, 0) is 58.5 Å². The lowest BCUT2D eigenvalue weighted by Gasteiger charge is -2.25. The minimum absolute atomic E-state index is 0. The molecule has 1 fully saturated rings. The number of amides is 1. The fraction of sp³-hybridized carbons (Fsp3) is 0.286. The van der Waals surface area contributed by atoms with Crippen LogP contribution < -0.4 is 5.32 Å². The van der Waals surface area contributed by atoms with E-state index in [4.69, 9.17) is 0 Å². The molecule has 1 aromatic carbocycles. The van der Waals surface area contributed by atoms with Crippen LogP contribution in [0.4, 0.5) is 0 Å². The minimum Gasteiger partial charge on any atom is -0.344 e. The maximum absolute atomic E-state index is 12.8. The lowest BCUT2D eigenvalue weighted by molar-refractivity contribution is -0.118. The molecule has 0 radical (unpaired) electrons. The van der Waals surface area contributed by atoms with E-state index in [1.165, 1.54) is 18.9 Å². The highest BCUT2D eigenvalue weighted by atomic mass is 79.9. The van der Waals surface area contributed by atoms with Crippen LogP contribution in [-0.4, -0.2) is 10.9 Å². The first-order valence-corrected chi connectivity index (χ1v) is 9.57. The van der Waals surface area contributed by atoms with Crippen LogP contribution in [0, 0.1) is 17.2 Å². The number of nitrogens with zero attached hydrogens (tertiary/aromatic N) is 2. The first kappa shape index (κ1) is 21.2. The van der Waals surface area contributed by atoms with Gasteiger partial charge in [0.2, 0.25) is 0 Å². The van der Waals surface area contributed by atoms with E-state index < -0.39 is 0 Å². The summed E-state index contributed by atoms with van der Waals surface area (Å²) in [7, 11) is 0. The van der Waals surface area contributed by atoms with Gasteiger partial charge in [0.25, 0.3) is 5.91 Å². The number of nitriles is 1. The zero-order valence-corrected chi connectivity index (χ0v) is 17.4. The number of carbonyl (C=O) groups is 1. The van der Waals surface area contributed by atoms with Crippen LogP contribution in [0.3, 0.4) is 0 Å². The van der Waals surface area contributed by atoms with Crippen molar-refractivity contribution in [3.8, 4) is 6.07 Å². The van der Waals surface area contributed by atoms with E-state index in [0.717, 1.165) is 18.4 Å². The van der Waals surface area contributed by atoms with Crippen LogP contribution in [-0.2, 0) is 4.79 Å². The van der Waals surface area contributed by atoms with Gasteiger partial charge < -0.3 is 5.32 Å². The molecule has 27 heavy (non-hydrogen) atoms. The van der Waals surface area contributed by atoms with Crippen LogP contribution in [0.5, 0.6) is 0 Å². The molecule has 1 amide bonds. The van der Waals surface area contributed by atoms with E-state index in [2.05, 4.69) is 26.2 Å². The Hall–Kier alpha value is -2.10. The average molecular weight is 444 g/mol. The number of rotatable bonds is 5. The number of pyridine rings is 1. The van der Waals surface area contributed by atoms with Crippen LogP contribution in [0.25, 0.3) is 6.08 Å². The molecule has 3 rings (SSSR count). The molecule has 0 bridgehead atoms. The molecule has 1 N–H and O–H groups in total. The Bertz CT molecular complexity index is 842. The third-order valence-corrected chi connectivity index (χ3v) is 5.15. The smallest absolute Gasteiger partial charge is 0.262 e. The summed E-state index contributed by atoms with van der Waals surface area (Å²) in [6.45, 7) is 0. The second-order valence-electron chi connectivity index (χ2n) is 6.46. The summed E-state index contributed by atoms with van der Waals surface area (Å²) in [5, 5.41) is 12.5. The number of nitrogens with one attached hydrogen (secondary N) is 1. The topological polar surface area (TPSA) is 65.8 Å². The molecule has 1 aromatic heterocycles. The molecule has 1 heterocycles. The van der Waals surface area contributed by atoms with Gasteiger partial charge in [-0.3, -0.25) is 4.79 Å². The maximum atomic E-state index is 12.8. The molecule has 1 aliphatic carbocycles. The molecule has 4 nitrogen and oxygen atoms in total. The molecule has 1 aliphatic rings. The van der Waals surface area contributed by atoms with Crippen LogP contribution in [0.1, 0.15) is 43.0 Å². The zero-order chi connectivity index (χ0) is 18.4. The van der Waals surface area contributed by atoms with Crippen LogP contribution in [0.2, 0.25) is 0 Å². The molecule has 0 spiro atoms. The highest BCUT2D eigenvalue weighted by Gasteiger charge is 2.28. The summed E-state index contributed by atoms with van der Waals surface area (Å²) >= 11 is 3.30. The average Bonchev–Trinajstić information content (AvgIpc) is 3.19. The minimum atomic E-state index is -0.352. The molecule has 6 heteroatoms. The normalized spacial score (nSPS) is 15.5. The first-order valence-electron chi connectivity index (χ1n) is 8.77. The second kappa shape index (κ2) is 10.3.